The molecule has 0 bridgehead atoms. The molecule has 0 saturated carbocycles. The first-order valence-corrected chi connectivity index (χ1v) is 5.60. The van der Waals surface area contributed by atoms with E-state index in [1.54, 1.807) is 10.9 Å². The first-order chi connectivity index (χ1) is 8.13. The first kappa shape index (κ1) is 13.2. The number of aromatic nitrogens is 2. The van der Waals surface area contributed by atoms with Gasteiger partial charge in [-0.2, -0.15) is 5.10 Å². The van der Waals surface area contributed by atoms with E-state index in [2.05, 4.69) is 5.10 Å². The minimum Gasteiger partial charge on any atom is -0.479 e. The largest absolute Gasteiger partial charge is 0.479 e. The fourth-order valence-corrected chi connectivity index (χ4v) is 1.67. The van der Waals surface area contributed by atoms with Crippen molar-refractivity contribution in [2.24, 2.45) is 0 Å². The van der Waals surface area contributed by atoms with Crippen LogP contribution in [-0.2, 0) is 16.1 Å². The van der Waals surface area contributed by atoms with Crippen LogP contribution in [0, 0.1) is 0 Å². The second-order valence-corrected chi connectivity index (χ2v) is 3.71. The molecule has 1 N–H and O–H groups in total. The standard InChI is InChI=1S/C11H17N3O3/c1-3-5-13(8-15)10(11(16)17)9-6-12-14(4-2)7-9/h6-8,10H,3-5H2,1-2H3,(H,16,17). The average molecular weight is 239 g/mol. The molecule has 0 saturated heterocycles. The molecule has 1 amide bonds. The number of hydrogen-bond donors (Lipinski definition) is 1. The van der Waals surface area contributed by atoms with E-state index in [1.165, 1.54) is 11.1 Å². The summed E-state index contributed by atoms with van der Waals surface area (Å²) in [5.74, 6) is -1.04. The zero-order chi connectivity index (χ0) is 12.8. The summed E-state index contributed by atoms with van der Waals surface area (Å²) in [5.41, 5.74) is 0.528. The van der Waals surface area contributed by atoms with Gasteiger partial charge in [0.05, 0.1) is 6.20 Å². The van der Waals surface area contributed by atoms with Crippen LogP contribution < -0.4 is 0 Å². The number of nitrogens with zero attached hydrogens (tertiary/aromatic N) is 3. The Balaban J connectivity index is 2.98. The first-order valence-electron chi connectivity index (χ1n) is 5.60. The summed E-state index contributed by atoms with van der Waals surface area (Å²) in [4.78, 5) is 23.4. The number of hydrogen-bond acceptors (Lipinski definition) is 3. The van der Waals surface area contributed by atoms with E-state index in [4.69, 9.17) is 0 Å². The van der Waals surface area contributed by atoms with Crippen molar-refractivity contribution in [3.63, 3.8) is 0 Å². The van der Waals surface area contributed by atoms with E-state index in [9.17, 15) is 14.7 Å². The van der Waals surface area contributed by atoms with Gasteiger partial charge in [0.15, 0.2) is 6.04 Å². The predicted molar refractivity (Wildman–Crippen MR) is 61.3 cm³/mol. The third-order valence-electron chi connectivity index (χ3n) is 2.48. The van der Waals surface area contributed by atoms with Crippen molar-refractivity contribution in [1.82, 2.24) is 14.7 Å². The lowest BCUT2D eigenvalue weighted by atomic mass is 10.1. The van der Waals surface area contributed by atoms with Crippen LogP contribution in [0.5, 0.6) is 0 Å². The molecule has 0 aromatic carbocycles. The molecule has 1 unspecified atom stereocenters. The Labute approximate surface area is 99.8 Å². The maximum Gasteiger partial charge on any atom is 0.331 e. The SMILES string of the molecule is CCCN(C=O)C(C(=O)O)c1cnn(CC)c1. The highest BCUT2D eigenvalue weighted by molar-refractivity contribution is 5.78. The minimum absolute atomic E-state index is 0.414. The number of aryl methyl sites for hydroxylation is 1. The molecule has 1 aromatic heterocycles. The van der Waals surface area contributed by atoms with Gasteiger partial charge in [-0.15, -0.1) is 0 Å². The van der Waals surface area contributed by atoms with Crippen LogP contribution in [0.25, 0.3) is 0 Å². The van der Waals surface area contributed by atoms with E-state index in [0.29, 0.717) is 31.5 Å². The number of carboxylic acids is 1. The van der Waals surface area contributed by atoms with Crippen molar-refractivity contribution in [2.45, 2.75) is 32.9 Å². The van der Waals surface area contributed by atoms with Gasteiger partial charge in [-0.05, 0) is 13.3 Å². The van der Waals surface area contributed by atoms with Gasteiger partial charge in [0.1, 0.15) is 0 Å². The maximum atomic E-state index is 11.2. The Kier molecular flexibility index (Phi) is 4.68. The molecular formula is C11H17N3O3. The molecule has 1 atom stereocenters. The zero-order valence-corrected chi connectivity index (χ0v) is 10.0. The molecule has 17 heavy (non-hydrogen) atoms. The van der Waals surface area contributed by atoms with Crippen molar-refractivity contribution in [3.05, 3.63) is 18.0 Å². The Bertz CT molecular complexity index is 389. The Morgan fingerprint density at radius 2 is 2.35 bits per heavy atom. The molecule has 6 heteroatoms. The summed E-state index contributed by atoms with van der Waals surface area (Å²) >= 11 is 0. The molecule has 1 heterocycles. The molecule has 94 valence electrons. The molecular weight excluding hydrogens is 222 g/mol. The van der Waals surface area contributed by atoms with E-state index < -0.39 is 12.0 Å². The molecule has 0 aliphatic rings. The van der Waals surface area contributed by atoms with E-state index in [0.717, 1.165) is 0 Å². The predicted octanol–water partition coefficient (Wildman–Crippen LogP) is 0.897. The fraction of sp³-hybridized carbons (Fsp3) is 0.545. The highest BCUT2D eigenvalue weighted by Crippen LogP contribution is 2.19. The number of amides is 1. The quantitative estimate of drug-likeness (QED) is 0.717. The number of carbonyl (C=O) groups is 2. The summed E-state index contributed by atoms with van der Waals surface area (Å²) < 4.78 is 1.64. The third kappa shape index (κ3) is 3.05. The number of carboxylic acid groups (broad SMARTS) is 1. The zero-order valence-electron chi connectivity index (χ0n) is 10.0. The molecule has 0 fully saturated rings. The lowest BCUT2D eigenvalue weighted by molar-refractivity contribution is -0.146. The Morgan fingerprint density at radius 1 is 1.65 bits per heavy atom. The molecule has 0 spiro atoms. The van der Waals surface area contributed by atoms with Gasteiger partial charge in [-0.25, -0.2) is 4.79 Å². The second-order valence-electron chi connectivity index (χ2n) is 3.71. The fourth-order valence-electron chi connectivity index (χ4n) is 1.67. The van der Waals surface area contributed by atoms with Gasteiger partial charge in [0.25, 0.3) is 0 Å². The molecule has 1 rings (SSSR count). The van der Waals surface area contributed by atoms with E-state index >= 15 is 0 Å². The van der Waals surface area contributed by atoms with Crippen LogP contribution in [0.2, 0.25) is 0 Å². The van der Waals surface area contributed by atoms with Gasteiger partial charge in [0, 0.05) is 24.8 Å². The van der Waals surface area contributed by atoms with Gasteiger partial charge in [0.2, 0.25) is 6.41 Å². The second kappa shape index (κ2) is 6.03. The molecule has 0 aliphatic carbocycles. The smallest absolute Gasteiger partial charge is 0.331 e. The van der Waals surface area contributed by atoms with Gasteiger partial charge >= 0.3 is 5.97 Å². The van der Waals surface area contributed by atoms with Crippen LogP contribution in [0.15, 0.2) is 12.4 Å². The van der Waals surface area contributed by atoms with E-state index in [1.807, 2.05) is 13.8 Å². The third-order valence-corrected chi connectivity index (χ3v) is 2.48. The molecule has 0 aliphatic heterocycles. The topological polar surface area (TPSA) is 75.4 Å². The number of rotatable bonds is 7. The van der Waals surface area contributed by atoms with E-state index in [-0.39, 0.29) is 0 Å². The van der Waals surface area contributed by atoms with Crippen LogP contribution in [-0.4, -0.2) is 38.7 Å². The summed E-state index contributed by atoms with van der Waals surface area (Å²) in [5, 5.41) is 13.2. The van der Waals surface area contributed by atoms with Crippen LogP contribution >= 0.6 is 0 Å². The monoisotopic (exact) mass is 239 g/mol. The molecule has 1 aromatic rings. The summed E-state index contributed by atoms with van der Waals surface area (Å²) in [6.07, 6.45) is 4.44. The molecule has 6 nitrogen and oxygen atoms in total. The minimum atomic E-state index is -1.04. The van der Waals surface area contributed by atoms with Gasteiger partial charge < -0.3 is 10.0 Å². The van der Waals surface area contributed by atoms with Crippen molar-refractivity contribution in [3.8, 4) is 0 Å². The van der Waals surface area contributed by atoms with Gasteiger partial charge in [-0.1, -0.05) is 6.92 Å². The highest BCUT2D eigenvalue weighted by Gasteiger charge is 2.27. The molecule has 0 radical (unpaired) electrons. The Morgan fingerprint density at radius 3 is 2.76 bits per heavy atom. The lowest BCUT2D eigenvalue weighted by Crippen LogP contribution is -2.33. The van der Waals surface area contributed by atoms with Crippen molar-refractivity contribution in [2.75, 3.05) is 6.54 Å². The normalized spacial score (nSPS) is 12.1. The van der Waals surface area contributed by atoms with Crippen LogP contribution in [0.1, 0.15) is 31.9 Å². The number of carbonyl (C=O) groups excluding carboxylic acids is 1. The number of aliphatic carboxylic acids is 1. The summed E-state index contributed by atoms with van der Waals surface area (Å²) in [7, 11) is 0. The Hall–Kier alpha value is -1.85. The van der Waals surface area contributed by atoms with Crippen molar-refractivity contribution in [1.29, 1.82) is 0 Å². The van der Waals surface area contributed by atoms with Crippen LogP contribution in [0.3, 0.4) is 0 Å². The van der Waals surface area contributed by atoms with Gasteiger partial charge in [-0.3, -0.25) is 9.48 Å². The average Bonchev–Trinajstić information content (AvgIpc) is 2.76. The van der Waals surface area contributed by atoms with Crippen molar-refractivity contribution < 1.29 is 14.7 Å². The lowest BCUT2D eigenvalue weighted by Gasteiger charge is -2.23. The van der Waals surface area contributed by atoms with Crippen LogP contribution in [0.4, 0.5) is 0 Å². The maximum absolute atomic E-state index is 11.2. The summed E-state index contributed by atoms with van der Waals surface area (Å²) in [6.45, 7) is 4.89. The van der Waals surface area contributed by atoms with Crippen molar-refractivity contribution >= 4 is 12.4 Å². The highest BCUT2D eigenvalue weighted by atomic mass is 16.4. The summed E-state index contributed by atoms with van der Waals surface area (Å²) in [6, 6.07) is -0.951.